The van der Waals surface area contributed by atoms with Crippen LogP contribution in [0.25, 0.3) is 0 Å². The number of carbonyl (C=O) groups is 1. The highest BCUT2D eigenvalue weighted by Gasteiger charge is 2.27. The largest absolute Gasteiger partial charge is 0.355 e. The average molecular weight is 303 g/mol. The molecule has 6 nitrogen and oxygen atoms in total. The van der Waals surface area contributed by atoms with Crippen molar-refractivity contribution in [2.45, 2.75) is 18.9 Å². The van der Waals surface area contributed by atoms with Gasteiger partial charge in [0.25, 0.3) is 10.0 Å². The number of hydrogen-bond acceptors (Lipinski definition) is 4. The minimum Gasteiger partial charge on any atom is -0.355 e. The fraction of sp³-hybridized carbons (Fsp3) is 0.500. The number of nitrogens with zero attached hydrogens (tertiary/aromatic N) is 2. The molecule has 0 radical (unpaired) electrons. The van der Waals surface area contributed by atoms with E-state index in [-0.39, 0.29) is 12.5 Å². The van der Waals surface area contributed by atoms with Gasteiger partial charge in [0.15, 0.2) is 5.82 Å². The first-order valence-corrected chi connectivity index (χ1v) is 7.52. The van der Waals surface area contributed by atoms with Gasteiger partial charge in [0.2, 0.25) is 10.9 Å². The summed E-state index contributed by atoms with van der Waals surface area (Å²) in [4.78, 5) is 15.1. The summed E-state index contributed by atoms with van der Waals surface area (Å²) in [5.41, 5.74) is 0. The molecule has 1 amide bonds. The van der Waals surface area contributed by atoms with Crippen LogP contribution in [0.2, 0.25) is 0 Å². The molecule has 0 aliphatic carbocycles. The molecule has 0 aliphatic heterocycles. The van der Waals surface area contributed by atoms with Crippen molar-refractivity contribution in [2.75, 3.05) is 20.1 Å². The molecule has 1 aromatic rings. The summed E-state index contributed by atoms with van der Waals surface area (Å²) in [7, 11) is -2.91. The Morgan fingerprint density at radius 2 is 2.15 bits per heavy atom. The normalized spacial score (nSPS) is 11.9. The van der Waals surface area contributed by atoms with Gasteiger partial charge in [-0.05, 0) is 18.1 Å². The van der Waals surface area contributed by atoms with Gasteiger partial charge in [0, 0.05) is 19.8 Å². The van der Waals surface area contributed by atoms with E-state index in [2.05, 4.69) is 10.3 Å². The van der Waals surface area contributed by atoms with Crippen LogP contribution in [0.4, 0.5) is 4.39 Å². The second-order valence-corrected chi connectivity index (χ2v) is 6.71. The summed E-state index contributed by atoms with van der Waals surface area (Å²) in [6.07, 6.45) is 1.18. The predicted molar refractivity (Wildman–Crippen MR) is 71.9 cm³/mol. The van der Waals surface area contributed by atoms with Gasteiger partial charge in [-0.3, -0.25) is 4.79 Å². The van der Waals surface area contributed by atoms with Crippen molar-refractivity contribution in [3.63, 3.8) is 0 Å². The molecule has 0 saturated carbocycles. The fourth-order valence-electron chi connectivity index (χ4n) is 1.37. The summed E-state index contributed by atoms with van der Waals surface area (Å²) >= 11 is 0. The zero-order chi connectivity index (χ0) is 15.3. The standard InChI is InChI=1S/C12H18FN3O3S/c1-9(2)7-15-11(17)8-16(3)20(18,19)12-10(13)5-4-6-14-12/h4-6,9H,7-8H2,1-3H3,(H,15,17). The lowest BCUT2D eigenvalue weighted by Gasteiger charge is -2.17. The zero-order valence-corrected chi connectivity index (χ0v) is 12.4. The maximum absolute atomic E-state index is 13.5. The summed E-state index contributed by atoms with van der Waals surface area (Å²) in [6, 6.07) is 2.30. The van der Waals surface area contributed by atoms with Gasteiger partial charge in [0.05, 0.1) is 6.54 Å². The van der Waals surface area contributed by atoms with Gasteiger partial charge < -0.3 is 5.32 Å². The molecule has 0 aromatic carbocycles. The number of rotatable bonds is 6. The van der Waals surface area contributed by atoms with Crippen molar-refractivity contribution in [3.05, 3.63) is 24.1 Å². The number of likely N-dealkylation sites (N-methyl/N-ethyl adjacent to an activating group) is 1. The van der Waals surface area contributed by atoms with Crippen LogP contribution in [0, 0.1) is 11.7 Å². The monoisotopic (exact) mass is 303 g/mol. The third kappa shape index (κ3) is 4.24. The smallest absolute Gasteiger partial charge is 0.263 e. The molecule has 0 aliphatic rings. The fourth-order valence-corrected chi connectivity index (χ4v) is 2.46. The number of halogens is 1. The van der Waals surface area contributed by atoms with Crippen LogP contribution in [-0.4, -0.2) is 43.8 Å². The Morgan fingerprint density at radius 3 is 2.70 bits per heavy atom. The van der Waals surface area contributed by atoms with Crippen molar-refractivity contribution in [1.82, 2.24) is 14.6 Å². The van der Waals surface area contributed by atoms with Gasteiger partial charge in [-0.1, -0.05) is 13.8 Å². The van der Waals surface area contributed by atoms with Crippen LogP contribution in [-0.2, 0) is 14.8 Å². The third-order valence-electron chi connectivity index (χ3n) is 2.45. The van der Waals surface area contributed by atoms with Crippen LogP contribution in [0.15, 0.2) is 23.4 Å². The Morgan fingerprint density at radius 1 is 1.50 bits per heavy atom. The number of amides is 1. The molecule has 0 fully saturated rings. The molecule has 20 heavy (non-hydrogen) atoms. The molecule has 1 rings (SSSR count). The van der Waals surface area contributed by atoms with Crippen LogP contribution < -0.4 is 5.32 Å². The van der Waals surface area contributed by atoms with Crippen molar-refractivity contribution < 1.29 is 17.6 Å². The summed E-state index contributed by atoms with van der Waals surface area (Å²) in [5.74, 6) is -1.13. The van der Waals surface area contributed by atoms with Crippen LogP contribution >= 0.6 is 0 Å². The molecule has 0 atom stereocenters. The number of sulfonamides is 1. The van der Waals surface area contributed by atoms with E-state index < -0.39 is 26.8 Å². The second-order valence-electron chi connectivity index (χ2n) is 4.75. The number of aromatic nitrogens is 1. The predicted octanol–water partition coefficient (Wildman–Crippen LogP) is 0.613. The SMILES string of the molecule is CC(C)CNC(=O)CN(C)S(=O)(=O)c1ncccc1F. The highest BCUT2D eigenvalue weighted by molar-refractivity contribution is 7.89. The van der Waals surface area contributed by atoms with Gasteiger partial charge in [-0.25, -0.2) is 17.8 Å². The Labute approximate surface area is 118 Å². The molecule has 1 heterocycles. The third-order valence-corrected chi connectivity index (χ3v) is 4.19. The van der Waals surface area contributed by atoms with Gasteiger partial charge >= 0.3 is 0 Å². The molecule has 0 spiro atoms. The lowest BCUT2D eigenvalue weighted by molar-refractivity contribution is -0.121. The lowest BCUT2D eigenvalue weighted by Crippen LogP contribution is -2.39. The second kappa shape index (κ2) is 6.76. The summed E-state index contributed by atoms with van der Waals surface area (Å²) < 4.78 is 38.4. The first kappa shape index (κ1) is 16.5. The van der Waals surface area contributed by atoms with Crippen LogP contribution in [0.3, 0.4) is 0 Å². The van der Waals surface area contributed by atoms with E-state index in [0.717, 1.165) is 10.4 Å². The highest BCUT2D eigenvalue weighted by Crippen LogP contribution is 2.14. The van der Waals surface area contributed by atoms with E-state index in [9.17, 15) is 17.6 Å². The molecular weight excluding hydrogens is 285 g/mol. The number of hydrogen-bond donors (Lipinski definition) is 1. The number of nitrogens with one attached hydrogen (secondary N) is 1. The minimum absolute atomic E-state index is 0.258. The molecular formula is C12H18FN3O3S. The van der Waals surface area contributed by atoms with E-state index in [4.69, 9.17) is 0 Å². The topological polar surface area (TPSA) is 79.4 Å². The summed E-state index contributed by atoms with van der Waals surface area (Å²) in [6.45, 7) is 3.91. The van der Waals surface area contributed by atoms with E-state index in [1.165, 1.54) is 19.3 Å². The molecule has 8 heteroatoms. The molecule has 0 saturated heterocycles. The Bertz CT molecular complexity index is 575. The highest BCUT2D eigenvalue weighted by atomic mass is 32.2. The molecule has 112 valence electrons. The van der Waals surface area contributed by atoms with Crippen LogP contribution in [0.5, 0.6) is 0 Å². The van der Waals surface area contributed by atoms with E-state index in [1.807, 2.05) is 13.8 Å². The van der Waals surface area contributed by atoms with E-state index in [0.29, 0.717) is 6.54 Å². The number of carbonyl (C=O) groups excluding carboxylic acids is 1. The van der Waals surface area contributed by atoms with Gasteiger partial charge in [-0.15, -0.1) is 0 Å². The number of pyridine rings is 1. The maximum Gasteiger partial charge on any atom is 0.263 e. The summed E-state index contributed by atoms with van der Waals surface area (Å²) in [5, 5.41) is 1.91. The van der Waals surface area contributed by atoms with E-state index in [1.54, 1.807) is 0 Å². The quantitative estimate of drug-likeness (QED) is 0.835. The van der Waals surface area contributed by atoms with Crippen molar-refractivity contribution >= 4 is 15.9 Å². The lowest BCUT2D eigenvalue weighted by atomic mass is 10.2. The Kier molecular flexibility index (Phi) is 5.58. The van der Waals surface area contributed by atoms with Gasteiger partial charge in [-0.2, -0.15) is 4.31 Å². The zero-order valence-electron chi connectivity index (χ0n) is 11.6. The minimum atomic E-state index is -4.12. The van der Waals surface area contributed by atoms with Crippen molar-refractivity contribution in [3.8, 4) is 0 Å². The van der Waals surface area contributed by atoms with Crippen LogP contribution in [0.1, 0.15) is 13.8 Å². The average Bonchev–Trinajstić information content (AvgIpc) is 2.36. The van der Waals surface area contributed by atoms with E-state index >= 15 is 0 Å². The molecule has 0 bridgehead atoms. The first-order chi connectivity index (χ1) is 9.25. The van der Waals surface area contributed by atoms with Gasteiger partial charge in [0.1, 0.15) is 0 Å². The Balaban J connectivity index is 2.78. The first-order valence-electron chi connectivity index (χ1n) is 6.08. The Hall–Kier alpha value is -1.54. The maximum atomic E-state index is 13.5. The van der Waals surface area contributed by atoms with Crippen molar-refractivity contribution in [2.24, 2.45) is 5.92 Å². The molecule has 1 N–H and O–H groups in total. The molecule has 1 aromatic heterocycles. The van der Waals surface area contributed by atoms with Crippen molar-refractivity contribution in [1.29, 1.82) is 0 Å². The molecule has 0 unspecified atom stereocenters.